The van der Waals surface area contributed by atoms with Gasteiger partial charge in [0.15, 0.2) is 0 Å². The number of hydrogen-bond acceptors (Lipinski definition) is 3. The molecule has 0 fully saturated rings. The van der Waals surface area contributed by atoms with Gasteiger partial charge in [0.25, 0.3) is 0 Å². The van der Waals surface area contributed by atoms with Crippen molar-refractivity contribution in [3.63, 3.8) is 0 Å². The maximum Gasteiger partial charge on any atom is 0.340 e. The zero-order chi connectivity index (χ0) is 21.1. The van der Waals surface area contributed by atoms with Gasteiger partial charge in [0.05, 0.1) is 29.4 Å². The Balaban J connectivity index is 1.92. The number of aromatic nitrogens is 1. The lowest BCUT2D eigenvalue weighted by molar-refractivity contribution is 0.0528. The Morgan fingerprint density at radius 2 is 1.77 bits per heavy atom. The number of ether oxygens (including phenoxy) is 1. The molecular formula is C26H26N2O2. The molecule has 2 aromatic heterocycles. The summed E-state index contributed by atoms with van der Waals surface area (Å²) in [6, 6.07) is 26.6. The third-order valence-corrected chi connectivity index (χ3v) is 5.39. The summed E-state index contributed by atoms with van der Waals surface area (Å²) in [5, 5.41) is 0. The van der Waals surface area contributed by atoms with Crippen LogP contribution in [0.1, 0.15) is 40.1 Å². The highest BCUT2D eigenvalue weighted by atomic mass is 16.5. The minimum atomic E-state index is -0.294. The van der Waals surface area contributed by atoms with E-state index in [-0.39, 0.29) is 12.0 Å². The van der Waals surface area contributed by atoms with Gasteiger partial charge in [-0.15, -0.1) is 0 Å². The van der Waals surface area contributed by atoms with Gasteiger partial charge in [0.1, 0.15) is 0 Å². The molecule has 0 amide bonds. The monoisotopic (exact) mass is 398 g/mol. The van der Waals surface area contributed by atoms with Crippen LogP contribution in [-0.4, -0.2) is 24.0 Å². The molecule has 1 unspecified atom stereocenters. The Kier molecular flexibility index (Phi) is 5.57. The standard InChI is InChI=1S/C26H26N2O2/c1-4-30-26(29)22-18-24(28-16-9-8-15-23(22)28)25(20-12-6-5-7-13-20)27(3)21-14-10-11-19(2)17-21/h5-18,25H,4H2,1-3H3. The maximum atomic E-state index is 12.7. The van der Waals surface area contributed by atoms with Gasteiger partial charge in [0.2, 0.25) is 0 Å². The smallest absolute Gasteiger partial charge is 0.340 e. The van der Waals surface area contributed by atoms with E-state index in [1.54, 1.807) is 0 Å². The predicted octanol–water partition coefficient (Wildman–Crippen LogP) is 5.65. The summed E-state index contributed by atoms with van der Waals surface area (Å²) >= 11 is 0. The first-order chi connectivity index (χ1) is 14.6. The van der Waals surface area contributed by atoms with Gasteiger partial charge in [-0.2, -0.15) is 0 Å². The number of esters is 1. The fourth-order valence-electron chi connectivity index (χ4n) is 3.99. The lowest BCUT2D eigenvalue weighted by Crippen LogP contribution is -2.26. The molecule has 0 aliphatic carbocycles. The third-order valence-electron chi connectivity index (χ3n) is 5.39. The summed E-state index contributed by atoms with van der Waals surface area (Å²) in [6.07, 6.45) is 2.01. The summed E-state index contributed by atoms with van der Waals surface area (Å²) in [6.45, 7) is 4.28. The van der Waals surface area contributed by atoms with Crippen molar-refractivity contribution >= 4 is 17.2 Å². The van der Waals surface area contributed by atoms with E-state index >= 15 is 0 Å². The molecule has 4 heteroatoms. The van der Waals surface area contributed by atoms with Crippen LogP contribution >= 0.6 is 0 Å². The molecule has 0 aliphatic rings. The van der Waals surface area contributed by atoms with Crippen LogP contribution in [0.15, 0.2) is 85.1 Å². The van der Waals surface area contributed by atoms with Crippen LogP contribution < -0.4 is 4.90 Å². The average molecular weight is 399 g/mol. The Labute approximate surface area is 177 Å². The van der Waals surface area contributed by atoms with E-state index in [9.17, 15) is 4.79 Å². The van der Waals surface area contributed by atoms with E-state index in [0.717, 1.165) is 22.5 Å². The molecular weight excluding hydrogens is 372 g/mol. The Morgan fingerprint density at radius 3 is 2.50 bits per heavy atom. The molecule has 0 aliphatic heterocycles. The van der Waals surface area contributed by atoms with Crippen molar-refractivity contribution in [1.82, 2.24) is 4.40 Å². The van der Waals surface area contributed by atoms with Gasteiger partial charge >= 0.3 is 5.97 Å². The van der Waals surface area contributed by atoms with Crippen LogP contribution in [0.4, 0.5) is 5.69 Å². The Morgan fingerprint density at radius 1 is 1.00 bits per heavy atom. The van der Waals surface area contributed by atoms with E-state index in [0.29, 0.717) is 12.2 Å². The normalized spacial score (nSPS) is 12.0. The minimum Gasteiger partial charge on any atom is -0.462 e. The summed E-state index contributed by atoms with van der Waals surface area (Å²) in [5.41, 5.74) is 5.94. The first-order valence-electron chi connectivity index (χ1n) is 10.2. The third kappa shape index (κ3) is 3.69. The van der Waals surface area contributed by atoms with E-state index < -0.39 is 0 Å². The van der Waals surface area contributed by atoms with Gasteiger partial charge in [-0.25, -0.2) is 4.79 Å². The number of aryl methyl sites for hydroxylation is 1. The van der Waals surface area contributed by atoms with Gasteiger partial charge in [-0.05, 0) is 55.3 Å². The molecule has 0 saturated carbocycles. The number of fused-ring (bicyclic) bond motifs is 1. The molecule has 0 radical (unpaired) electrons. The van der Waals surface area contributed by atoms with Crippen molar-refractivity contribution in [3.8, 4) is 0 Å². The largest absolute Gasteiger partial charge is 0.462 e. The van der Waals surface area contributed by atoms with Crippen molar-refractivity contribution in [2.45, 2.75) is 19.9 Å². The van der Waals surface area contributed by atoms with Gasteiger partial charge < -0.3 is 14.0 Å². The number of carbonyl (C=O) groups is 1. The SMILES string of the molecule is CCOC(=O)c1cc(C(c2ccccc2)N(C)c2cccc(C)c2)n2ccccc12. The van der Waals surface area contributed by atoms with E-state index in [1.807, 2.05) is 43.5 Å². The lowest BCUT2D eigenvalue weighted by Gasteiger charge is -2.31. The second-order valence-corrected chi connectivity index (χ2v) is 7.42. The highest BCUT2D eigenvalue weighted by Crippen LogP contribution is 2.34. The van der Waals surface area contributed by atoms with Crippen molar-refractivity contribution < 1.29 is 9.53 Å². The lowest BCUT2D eigenvalue weighted by atomic mass is 10.0. The molecule has 1 atom stereocenters. The van der Waals surface area contributed by atoms with Crippen LogP contribution in [0.2, 0.25) is 0 Å². The van der Waals surface area contributed by atoms with Crippen molar-refractivity contribution in [3.05, 3.63) is 107 Å². The van der Waals surface area contributed by atoms with E-state index in [4.69, 9.17) is 4.74 Å². The minimum absolute atomic E-state index is 0.0777. The molecule has 2 aromatic carbocycles. The fraction of sp³-hybridized carbons (Fsp3) is 0.192. The van der Waals surface area contributed by atoms with Gasteiger partial charge in [0, 0.05) is 18.9 Å². The second kappa shape index (κ2) is 8.46. The Hall–Kier alpha value is -3.53. The highest BCUT2D eigenvalue weighted by molar-refractivity contribution is 5.97. The molecule has 0 bridgehead atoms. The first-order valence-corrected chi connectivity index (χ1v) is 10.2. The second-order valence-electron chi connectivity index (χ2n) is 7.42. The number of benzene rings is 2. The fourth-order valence-corrected chi connectivity index (χ4v) is 3.99. The molecule has 4 rings (SSSR count). The molecule has 2 heterocycles. The van der Waals surface area contributed by atoms with Crippen LogP contribution in [0.25, 0.3) is 5.52 Å². The molecule has 4 nitrogen and oxygen atoms in total. The van der Waals surface area contributed by atoms with Crippen LogP contribution in [0, 0.1) is 6.92 Å². The number of carbonyl (C=O) groups excluding carboxylic acids is 1. The first kappa shape index (κ1) is 19.8. The highest BCUT2D eigenvalue weighted by Gasteiger charge is 2.26. The van der Waals surface area contributed by atoms with Gasteiger partial charge in [-0.1, -0.05) is 48.5 Å². The summed E-state index contributed by atoms with van der Waals surface area (Å²) in [5.74, 6) is -0.294. The van der Waals surface area contributed by atoms with E-state index in [2.05, 4.69) is 71.8 Å². The zero-order valence-electron chi connectivity index (χ0n) is 17.6. The molecule has 0 N–H and O–H groups in total. The summed E-state index contributed by atoms with van der Waals surface area (Å²) < 4.78 is 7.42. The molecule has 0 spiro atoms. The van der Waals surface area contributed by atoms with Crippen LogP contribution in [0.3, 0.4) is 0 Å². The van der Waals surface area contributed by atoms with Crippen molar-refractivity contribution in [2.24, 2.45) is 0 Å². The average Bonchev–Trinajstić information content (AvgIpc) is 3.14. The van der Waals surface area contributed by atoms with E-state index in [1.165, 1.54) is 5.56 Å². The zero-order valence-corrected chi connectivity index (χ0v) is 17.6. The summed E-state index contributed by atoms with van der Waals surface area (Å²) in [7, 11) is 2.10. The number of anilines is 1. The van der Waals surface area contributed by atoms with Crippen molar-refractivity contribution in [2.75, 3.05) is 18.6 Å². The predicted molar refractivity (Wildman–Crippen MR) is 121 cm³/mol. The van der Waals surface area contributed by atoms with Gasteiger partial charge in [-0.3, -0.25) is 0 Å². The molecule has 0 saturated heterocycles. The maximum absolute atomic E-state index is 12.7. The summed E-state index contributed by atoms with van der Waals surface area (Å²) in [4.78, 5) is 14.9. The number of hydrogen-bond donors (Lipinski definition) is 0. The van der Waals surface area contributed by atoms with Crippen LogP contribution in [-0.2, 0) is 4.74 Å². The quantitative estimate of drug-likeness (QED) is 0.394. The van der Waals surface area contributed by atoms with Crippen molar-refractivity contribution in [1.29, 1.82) is 0 Å². The van der Waals surface area contributed by atoms with Crippen LogP contribution in [0.5, 0.6) is 0 Å². The molecule has 152 valence electrons. The number of nitrogens with zero attached hydrogens (tertiary/aromatic N) is 2. The number of rotatable bonds is 6. The Bertz CT molecular complexity index is 1160. The topological polar surface area (TPSA) is 34.0 Å². The number of pyridine rings is 1. The molecule has 4 aromatic rings. The molecule has 30 heavy (non-hydrogen) atoms.